The summed E-state index contributed by atoms with van der Waals surface area (Å²) in [5, 5.41) is 9.75. The maximum Gasteiger partial charge on any atom is 0.271 e. The van der Waals surface area contributed by atoms with Crippen molar-refractivity contribution >= 4 is 11.6 Å². The van der Waals surface area contributed by atoms with E-state index in [1.807, 2.05) is 32.0 Å². The third-order valence-electron chi connectivity index (χ3n) is 4.97. The van der Waals surface area contributed by atoms with Gasteiger partial charge in [-0.3, -0.25) is 9.78 Å². The normalized spacial score (nSPS) is 10.3. The van der Waals surface area contributed by atoms with Crippen LogP contribution in [0.3, 0.4) is 0 Å². The first-order chi connectivity index (χ1) is 13.9. The van der Waals surface area contributed by atoms with Crippen LogP contribution in [0.25, 0.3) is 16.0 Å². The van der Waals surface area contributed by atoms with Crippen LogP contribution < -0.4 is 0 Å². The topological polar surface area (TPSA) is 66.3 Å². The fourth-order valence-corrected chi connectivity index (χ4v) is 3.37. The number of hydrogen-bond acceptors (Lipinski definition) is 3. The van der Waals surface area contributed by atoms with Crippen molar-refractivity contribution in [3.8, 4) is 17.2 Å². The van der Waals surface area contributed by atoms with Crippen molar-refractivity contribution in [1.82, 2.24) is 14.5 Å². The molecule has 0 bridgehead atoms. The number of hydrogen-bond donors (Lipinski definition) is 0. The molecule has 29 heavy (non-hydrogen) atoms. The predicted octanol–water partition coefficient (Wildman–Crippen LogP) is 4.34. The number of carbonyl (C=O) groups excluding carboxylic acids is 1. The van der Waals surface area contributed by atoms with Crippen molar-refractivity contribution in [2.75, 3.05) is 14.1 Å². The lowest BCUT2D eigenvalue weighted by Gasteiger charge is -2.12. The number of amides is 1. The highest BCUT2D eigenvalue weighted by atomic mass is 16.2. The third-order valence-corrected chi connectivity index (χ3v) is 4.97. The average molecular weight is 383 g/mol. The monoisotopic (exact) mass is 383 g/mol. The minimum atomic E-state index is -0.137. The molecular weight excluding hydrogens is 362 g/mol. The molecule has 0 N–H and O–H groups in total. The van der Waals surface area contributed by atoms with Gasteiger partial charge in [-0.25, -0.2) is 4.85 Å². The van der Waals surface area contributed by atoms with Crippen LogP contribution in [0, 0.1) is 31.8 Å². The Labute approximate surface area is 170 Å². The molecule has 0 fully saturated rings. The Hall–Kier alpha value is -3.90. The predicted molar refractivity (Wildman–Crippen MR) is 112 cm³/mol. The number of aromatic nitrogens is 2. The highest BCUT2D eigenvalue weighted by Crippen LogP contribution is 2.33. The van der Waals surface area contributed by atoms with E-state index in [9.17, 15) is 10.1 Å². The average Bonchev–Trinajstić information content (AvgIpc) is 2.97. The summed E-state index contributed by atoms with van der Waals surface area (Å²) in [6, 6.07) is 13.2. The summed E-state index contributed by atoms with van der Waals surface area (Å²) in [6.07, 6.45) is 1.70. The summed E-state index contributed by atoms with van der Waals surface area (Å²) in [7, 11) is 3.39. The minimum Gasteiger partial charge on any atom is -0.343 e. The second-order valence-corrected chi connectivity index (χ2v) is 7.03. The highest BCUT2D eigenvalue weighted by molar-refractivity contribution is 5.91. The molecule has 0 spiro atoms. The number of nitriles is 1. The van der Waals surface area contributed by atoms with Gasteiger partial charge in [0.2, 0.25) is 0 Å². The first-order valence-corrected chi connectivity index (χ1v) is 9.11. The standard InChI is InChI=1S/C23H21N5O/c1-15-20(12-24)22(18-7-9-19(25-3)10-8-18)16(2)28(15)14-17-6-11-21(26-13-17)23(29)27(4)5/h6-11,13H,14H2,1-2,4-5H3. The number of pyridine rings is 1. The Morgan fingerprint density at radius 1 is 1.17 bits per heavy atom. The molecule has 2 aromatic heterocycles. The van der Waals surface area contributed by atoms with Crippen molar-refractivity contribution in [1.29, 1.82) is 5.26 Å². The van der Waals surface area contributed by atoms with Gasteiger partial charge in [0.15, 0.2) is 5.69 Å². The zero-order chi connectivity index (χ0) is 21.1. The summed E-state index contributed by atoms with van der Waals surface area (Å²) in [5.74, 6) is -0.137. The van der Waals surface area contributed by atoms with E-state index in [1.165, 1.54) is 4.90 Å². The quantitative estimate of drug-likeness (QED) is 0.630. The second-order valence-electron chi connectivity index (χ2n) is 7.03. The third kappa shape index (κ3) is 3.74. The van der Waals surface area contributed by atoms with Gasteiger partial charge < -0.3 is 9.47 Å². The van der Waals surface area contributed by atoms with E-state index in [0.29, 0.717) is 23.5 Å². The van der Waals surface area contributed by atoms with E-state index >= 15 is 0 Å². The summed E-state index contributed by atoms with van der Waals surface area (Å²) in [6.45, 7) is 11.6. The SMILES string of the molecule is [C-]#[N+]c1ccc(-c2c(C#N)c(C)n(Cc3ccc(C(=O)N(C)C)nc3)c2C)cc1. The molecule has 1 amide bonds. The van der Waals surface area contributed by atoms with Crippen molar-refractivity contribution in [3.63, 3.8) is 0 Å². The van der Waals surface area contributed by atoms with Gasteiger partial charge in [0, 0.05) is 43.8 Å². The molecule has 0 saturated carbocycles. The van der Waals surface area contributed by atoms with Crippen LogP contribution in [-0.2, 0) is 6.54 Å². The Morgan fingerprint density at radius 2 is 1.86 bits per heavy atom. The molecule has 6 nitrogen and oxygen atoms in total. The summed E-state index contributed by atoms with van der Waals surface area (Å²) in [4.78, 5) is 21.2. The molecule has 1 aromatic carbocycles. The summed E-state index contributed by atoms with van der Waals surface area (Å²) >= 11 is 0. The van der Waals surface area contributed by atoms with E-state index in [1.54, 1.807) is 38.5 Å². The van der Waals surface area contributed by atoms with Crippen LogP contribution in [-0.4, -0.2) is 34.5 Å². The Balaban J connectivity index is 1.99. The maximum absolute atomic E-state index is 12.0. The zero-order valence-corrected chi connectivity index (χ0v) is 16.9. The maximum atomic E-state index is 12.0. The molecule has 0 saturated heterocycles. The molecule has 0 aliphatic rings. The van der Waals surface area contributed by atoms with Crippen LogP contribution in [0.15, 0.2) is 42.6 Å². The minimum absolute atomic E-state index is 0.137. The fourth-order valence-electron chi connectivity index (χ4n) is 3.37. The number of rotatable bonds is 4. The smallest absolute Gasteiger partial charge is 0.271 e. The van der Waals surface area contributed by atoms with Crippen LogP contribution in [0.2, 0.25) is 0 Å². The van der Waals surface area contributed by atoms with Gasteiger partial charge in [0.05, 0.1) is 12.1 Å². The zero-order valence-electron chi connectivity index (χ0n) is 16.9. The van der Waals surface area contributed by atoms with Crippen molar-refractivity contribution < 1.29 is 4.79 Å². The number of nitrogens with zero attached hydrogens (tertiary/aromatic N) is 5. The fraction of sp³-hybridized carbons (Fsp3) is 0.217. The largest absolute Gasteiger partial charge is 0.343 e. The Morgan fingerprint density at radius 3 is 2.38 bits per heavy atom. The van der Waals surface area contributed by atoms with E-state index in [2.05, 4.69) is 20.5 Å². The summed E-state index contributed by atoms with van der Waals surface area (Å²) in [5.41, 5.74) is 6.20. The molecule has 0 atom stereocenters. The molecule has 3 rings (SSSR count). The first-order valence-electron chi connectivity index (χ1n) is 9.11. The molecular formula is C23H21N5O. The van der Waals surface area contributed by atoms with Crippen LogP contribution >= 0.6 is 0 Å². The molecule has 0 aliphatic heterocycles. The molecule has 0 radical (unpaired) electrons. The van der Waals surface area contributed by atoms with Gasteiger partial charge in [-0.05, 0) is 31.0 Å². The molecule has 2 heterocycles. The van der Waals surface area contributed by atoms with Gasteiger partial charge in [-0.1, -0.05) is 30.3 Å². The van der Waals surface area contributed by atoms with Gasteiger partial charge >= 0.3 is 0 Å². The molecule has 6 heteroatoms. The summed E-state index contributed by atoms with van der Waals surface area (Å²) < 4.78 is 2.08. The van der Waals surface area contributed by atoms with Crippen LogP contribution in [0.1, 0.15) is 33.0 Å². The molecule has 144 valence electrons. The molecule has 0 unspecified atom stereocenters. The second kappa shape index (κ2) is 8.00. The lowest BCUT2D eigenvalue weighted by molar-refractivity contribution is 0.0822. The van der Waals surface area contributed by atoms with E-state index in [0.717, 1.165) is 28.1 Å². The van der Waals surface area contributed by atoms with Gasteiger partial charge in [0.1, 0.15) is 11.8 Å². The molecule has 0 aliphatic carbocycles. The number of carbonyl (C=O) groups is 1. The van der Waals surface area contributed by atoms with Crippen molar-refractivity contribution in [3.05, 3.63) is 82.2 Å². The Kier molecular flexibility index (Phi) is 5.47. The van der Waals surface area contributed by atoms with Gasteiger partial charge in [-0.2, -0.15) is 5.26 Å². The number of benzene rings is 1. The van der Waals surface area contributed by atoms with E-state index < -0.39 is 0 Å². The van der Waals surface area contributed by atoms with Crippen molar-refractivity contribution in [2.45, 2.75) is 20.4 Å². The lowest BCUT2D eigenvalue weighted by atomic mass is 10.0. The Bertz CT molecular complexity index is 1140. The van der Waals surface area contributed by atoms with Crippen LogP contribution in [0.4, 0.5) is 5.69 Å². The van der Waals surface area contributed by atoms with E-state index in [-0.39, 0.29) is 5.91 Å². The lowest BCUT2D eigenvalue weighted by Crippen LogP contribution is -2.22. The van der Waals surface area contributed by atoms with Crippen LogP contribution in [0.5, 0.6) is 0 Å². The first kappa shape index (κ1) is 19.9. The van der Waals surface area contributed by atoms with E-state index in [4.69, 9.17) is 6.57 Å². The van der Waals surface area contributed by atoms with Crippen molar-refractivity contribution in [2.24, 2.45) is 0 Å². The highest BCUT2D eigenvalue weighted by Gasteiger charge is 2.19. The van der Waals surface area contributed by atoms with Gasteiger partial charge in [-0.15, -0.1) is 0 Å². The van der Waals surface area contributed by atoms with Gasteiger partial charge in [0.25, 0.3) is 5.91 Å². The molecule has 3 aromatic rings.